The zero-order chi connectivity index (χ0) is 15.0. The number of ether oxygens (including phenoxy) is 1. The first-order valence-corrected chi connectivity index (χ1v) is 8.21. The minimum atomic E-state index is 0.00843. The quantitative estimate of drug-likeness (QED) is 0.816. The minimum absolute atomic E-state index is 0.00843. The van der Waals surface area contributed by atoms with Crippen LogP contribution in [0.4, 0.5) is 0 Å². The van der Waals surface area contributed by atoms with Crippen molar-refractivity contribution in [1.29, 1.82) is 0 Å². The maximum Gasteiger partial charge on any atom is 0.159 e. The monoisotopic (exact) mass is 310 g/mol. The Morgan fingerprint density at radius 2 is 2.05 bits per heavy atom. The van der Waals surface area contributed by atoms with Crippen molar-refractivity contribution in [2.45, 2.75) is 50.9 Å². The number of aryl methyl sites for hydroxylation is 2. The molecule has 21 heavy (non-hydrogen) atoms. The van der Waals surface area contributed by atoms with Crippen LogP contribution in [0.25, 0.3) is 11.2 Å². The molecule has 0 radical (unpaired) electrons. The Bertz CT molecular complexity index is 640. The SMILES string of the molecule is CCCc1nn(C)c2c1nc(CCl)n2C1(C)CCOCC1. The second-order valence-corrected chi connectivity index (χ2v) is 6.37. The molecule has 0 N–H and O–H groups in total. The summed E-state index contributed by atoms with van der Waals surface area (Å²) in [6.07, 6.45) is 3.99. The fourth-order valence-electron chi connectivity index (χ4n) is 3.32. The van der Waals surface area contributed by atoms with E-state index in [1.807, 2.05) is 11.7 Å². The van der Waals surface area contributed by atoms with Gasteiger partial charge in [0.05, 0.1) is 11.6 Å². The summed E-state index contributed by atoms with van der Waals surface area (Å²) in [6, 6.07) is 0. The first-order chi connectivity index (χ1) is 10.1. The van der Waals surface area contributed by atoms with Crippen molar-refractivity contribution >= 4 is 22.8 Å². The minimum Gasteiger partial charge on any atom is -0.381 e. The first-order valence-electron chi connectivity index (χ1n) is 7.68. The molecule has 5 nitrogen and oxygen atoms in total. The predicted molar refractivity (Wildman–Crippen MR) is 83.8 cm³/mol. The van der Waals surface area contributed by atoms with E-state index in [1.54, 1.807) is 0 Å². The lowest BCUT2D eigenvalue weighted by atomic mass is 9.92. The van der Waals surface area contributed by atoms with Crippen LogP contribution in [0.1, 0.15) is 44.6 Å². The Hall–Kier alpha value is -1.07. The number of halogens is 1. The van der Waals surface area contributed by atoms with Gasteiger partial charge in [-0.3, -0.25) is 4.68 Å². The van der Waals surface area contributed by atoms with Gasteiger partial charge >= 0.3 is 0 Å². The number of imidazole rings is 1. The average Bonchev–Trinajstić information content (AvgIpc) is 2.99. The van der Waals surface area contributed by atoms with E-state index >= 15 is 0 Å². The van der Waals surface area contributed by atoms with Crippen molar-refractivity contribution in [3.63, 3.8) is 0 Å². The summed E-state index contributed by atoms with van der Waals surface area (Å²) < 4.78 is 9.81. The molecule has 1 saturated heterocycles. The van der Waals surface area contributed by atoms with Gasteiger partial charge in [-0.05, 0) is 26.2 Å². The lowest BCUT2D eigenvalue weighted by molar-refractivity contribution is 0.0298. The third kappa shape index (κ3) is 2.36. The molecular formula is C15H23ClN4O. The highest BCUT2D eigenvalue weighted by Gasteiger charge is 2.34. The molecule has 2 aromatic rings. The number of rotatable bonds is 4. The van der Waals surface area contributed by atoms with Gasteiger partial charge in [0.25, 0.3) is 0 Å². The number of aromatic nitrogens is 4. The molecular weight excluding hydrogens is 288 g/mol. The summed E-state index contributed by atoms with van der Waals surface area (Å²) in [5.74, 6) is 1.37. The fourth-order valence-corrected chi connectivity index (χ4v) is 3.50. The van der Waals surface area contributed by atoms with Gasteiger partial charge in [-0.25, -0.2) is 4.98 Å². The Balaban J connectivity index is 2.20. The van der Waals surface area contributed by atoms with Gasteiger partial charge in [-0.2, -0.15) is 5.10 Å². The molecule has 3 heterocycles. The van der Waals surface area contributed by atoms with E-state index < -0.39 is 0 Å². The van der Waals surface area contributed by atoms with Gasteiger partial charge in [0, 0.05) is 25.8 Å². The fraction of sp³-hybridized carbons (Fsp3) is 0.733. The number of fused-ring (bicyclic) bond motifs is 1. The zero-order valence-corrected chi connectivity index (χ0v) is 13.8. The Kier molecular flexibility index (Phi) is 3.97. The predicted octanol–water partition coefficient (Wildman–Crippen LogP) is 2.99. The molecule has 0 saturated carbocycles. The molecule has 1 aliphatic rings. The van der Waals surface area contributed by atoms with E-state index in [2.05, 4.69) is 23.5 Å². The van der Waals surface area contributed by atoms with Crippen LogP contribution in [-0.2, 0) is 29.6 Å². The van der Waals surface area contributed by atoms with E-state index in [9.17, 15) is 0 Å². The van der Waals surface area contributed by atoms with Crippen LogP contribution in [0.15, 0.2) is 0 Å². The van der Waals surface area contributed by atoms with Crippen LogP contribution in [0, 0.1) is 0 Å². The van der Waals surface area contributed by atoms with Crippen LogP contribution in [0.3, 0.4) is 0 Å². The molecule has 116 valence electrons. The summed E-state index contributed by atoms with van der Waals surface area (Å²) in [4.78, 5) is 4.80. The summed E-state index contributed by atoms with van der Waals surface area (Å²) in [6.45, 7) is 6.02. The van der Waals surface area contributed by atoms with Crippen LogP contribution < -0.4 is 0 Å². The molecule has 0 spiro atoms. The van der Waals surface area contributed by atoms with E-state index in [-0.39, 0.29) is 5.54 Å². The summed E-state index contributed by atoms with van der Waals surface area (Å²) in [5.41, 5.74) is 3.20. The van der Waals surface area contributed by atoms with Gasteiger partial charge < -0.3 is 9.30 Å². The molecule has 0 unspecified atom stereocenters. The molecule has 0 bridgehead atoms. The van der Waals surface area contributed by atoms with Crippen molar-refractivity contribution in [2.24, 2.45) is 7.05 Å². The zero-order valence-electron chi connectivity index (χ0n) is 13.0. The van der Waals surface area contributed by atoms with Crippen molar-refractivity contribution in [2.75, 3.05) is 13.2 Å². The number of alkyl halides is 1. The van der Waals surface area contributed by atoms with Crippen molar-refractivity contribution in [3.8, 4) is 0 Å². The second-order valence-electron chi connectivity index (χ2n) is 6.10. The third-order valence-electron chi connectivity index (χ3n) is 4.49. The van der Waals surface area contributed by atoms with E-state index in [4.69, 9.17) is 21.3 Å². The van der Waals surface area contributed by atoms with Crippen molar-refractivity contribution in [3.05, 3.63) is 11.5 Å². The number of nitrogens with zero attached hydrogens (tertiary/aromatic N) is 4. The van der Waals surface area contributed by atoms with E-state index in [0.29, 0.717) is 5.88 Å². The largest absolute Gasteiger partial charge is 0.381 e. The third-order valence-corrected chi connectivity index (χ3v) is 4.73. The topological polar surface area (TPSA) is 44.9 Å². The van der Waals surface area contributed by atoms with E-state index in [1.165, 1.54) is 0 Å². The number of hydrogen-bond acceptors (Lipinski definition) is 3. The van der Waals surface area contributed by atoms with Crippen molar-refractivity contribution < 1.29 is 4.74 Å². The average molecular weight is 311 g/mol. The highest BCUT2D eigenvalue weighted by molar-refractivity contribution is 6.16. The van der Waals surface area contributed by atoms with Crippen LogP contribution in [0.2, 0.25) is 0 Å². The Morgan fingerprint density at radius 1 is 1.33 bits per heavy atom. The molecule has 1 aliphatic heterocycles. The molecule has 0 aliphatic carbocycles. The normalized spacial score (nSPS) is 18.5. The summed E-state index contributed by atoms with van der Waals surface area (Å²) >= 11 is 6.18. The maximum absolute atomic E-state index is 6.18. The van der Waals surface area contributed by atoms with Gasteiger partial charge in [-0.15, -0.1) is 11.6 Å². The van der Waals surface area contributed by atoms with Gasteiger partial charge in [0.15, 0.2) is 5.65 Å². The Labute approximate surface area is 130 Å². The van der Waals surface area contributed by atoms with Crippen LogP contribution >= 0.6 is 11.6 Å². The molecule has 2 aromatic heterocycles. The van der Waals surface area contributed by atoms with Crippen LogP contribution in [0.5, 0.6) is 0 Å². The van der Waals surface area contributed by atoms with Gasteiger partial charge in [0.2, 0.25) is 0 Å². The highest BCUT2D eigenvalue weighted by Crippen LogP contribution is 2.35. The summed E-state index contributed by atoms with van der Waals surface area (Å²) in [7, 11) is 2.00. The van der Waals surface area contributed by atoms with E-state index in [0.717, 1.165) is 61.6 Å². The maximum atomic E-state index is 6.18. The molecule has 0 amide bonds. The lowest BCUT2D eigenvalue weighted by Crippen LogP contribution is -2.38. The summed E-state index contributed by atoms with van der Waals surface area (Å²) in [5, 5.41) is 4.66. The second kappa shape index (κ2) is 5.61. The Morgan fingerprint density at radius 3 is 2.67 bits per heavy atom. The van der Waals surface area contributed by atoms with Crippen LogP contribution in [-0.4, -0.2) is 32.5 Å². The highest BCUT2D eigenvalue weighted by atomic mass is 35.5. The smallest absolute Gasteiger partial charge is 0.159 e. The molecule has 6 heteroatoms. The molecule has 0 aromatic carbocycles. The molecule has 1 fully saturated rings. The standard InChI is InChI=1S/C15H23ClN4O/c1-4-5-11-13-14(19(3)18-11)20(12(10-16)17-13)15(2)6-8-21-9-7-15/h4-10H2,1-3H3. The number of hydrogen-bond donors (Lipinski definition) is 0. The van der Waals surface area contributed by atoms with Crippen molar-refractivity contribution in [1.82, 2.24) is 19.3 Å². The molecule has 0 atom stereocenters. The lowest BCUT2D eigenvalue weighted by Gasteiger charge is -2.36. The van der Waals surface area contributed by atoms with Gasteiger partial charge in [-0.1, -0.05) is 13.3 Å². The van der Waals surface area contributed by atoms with Gasteiger partial charge in [0.1, 0.15) is 11.3 Å². The molecule has 3 rings (SSSR count). The first kappa shape index (κ1) is 14.9.